The van der Waals surface area contributed by atoms with Crippen LogP contribution in [0.5, 0.6) is 0 Å². The molecule has 0 fully saturated rings. The summed E-state index contributed by atoms with van der Waals surface area (Å²) >= 11 is 1.75. The van der Waals surface area contributed by atoms with Gasteiger partial charge >= 0.3 is 0 Å². The quantitative estimate of drug-likeness (QED) is 0.810. The SMILES string of the molecule is CCN(CC)c1ccc(CNC(C)c2ccsc2)cc1. The Balaban J connectivity index is 1.91. The Kier molecular flexibility index (Phi) is 5.62. The van der Waals surface area contributed by atoms with Gasteiger partial charge in [-0.2, -0.15) is 11.3 Å². The highest BCUT2D eigenvalue weighted by Gasteiger charge is 2.05. The van der Waals surface area contributed by atoms with Crippen LogP contribution < -0.4 is 10.2 Å². The molecule has 1 aromatic carbocycles. The zero-order valence-corrected chi connectivity index (χ0v) is 13.4. The highest BCUT2D eigenvalue weighted by atomic mass is 32.1. The standard InChI is InChI=1S/C17H24N2S/c1-4-19(5-2)17-8-6-15(7-9-17)12-18-14(3)16-10-11-20-13-16/h6-11,13-14,18H,4-5,12H2,1-3H3. The van der Waals surface area contributed by atoms with E-state index in [9.17, 15) is 0 Å². The number of nitrogens with zero attached hydrogens (tertiary/aromatic N) is 1. The summed E-state index contributed by atoms with van der Waals surface area (Å²) in [6, 6.07) is 11.5. The van der Waals surface area contributed by atoms with E-state index in [4.69, 9.17) is 0 Å². The second-order valence-electron chi connectivity index (χ2n) is 5.00. The molecule has 0 saturated carbocycles. The monoisotopic (exact) mass is 288 g/mol. The number of hydrogen-bond donors (Lipinski definition) is 1. The van der Waals surface area contributed by atoms with Crippen LogP contribution in [0, 0.1) is 0 Å². The molecule has 0 amide bonds. The van der Waals surface area contributed by atoms with Crippen LogP contribution in [0.1, 0.15) is 37.9 Å². The molecular formula is C17H24N2S. The smallest absolute Gasteiger partial charge is 0.0366 e. The van der Waals surface area contributed by atoms with Crippen molar-refractivity contribution in [3.8, 4) is 0 Å². The maximum atomic E-state index is 3.57. The van der Waals surface area contributed by atoms with E-state index in [1.165, 1.54) is 16.8 Å². The van der Waals surface area contributed by atoms with Crippen molar-refractivity contribution in [1.82, 2.24) is 5.32 Å². The minimum atomic E-state index is 0.406. The summed E-state index contributed by atoms with van der Waals surface area (Å²) in [5, 5.41) is 7.91. The molecule has 0 spiro atoms. The number of rotatable bonds is 7. The van der Waals surface area contributed by atoms with Crippen molar-refractivity contribution >= 4 is 17.0 Å². The lowest BCUT2D eigenvalue weighted by Gasteiger charge is -2.21. The molecule has 1 atom stereocenters. The topological polar surface area (TPSA) is 15.3 Å². The van der Waals surface area contributed by atoms with E-state index in [1.807, 2.05) is 0 Å². The van der Waals surface area contributed by atoms with Crippen LogP contribution in [-0.4, -0.2) is 13.1 Å². The summed E-state index contributed by atoms with van der Waals surface area (Å²) < 4.78 is 0. The third kappa shape index (κ3) is 3.84. The predicted octanol–water partition coefficient (Wildman–Crippen LogP) is 4.45. The number of thiophene rings is 1. The summed E-state index contributed by atoms with van der Waals surface area (Å²) in [7, 11) is 0. The molecule has 0 saturated heterocycles. The van der Waals surface area contributed by atoms with Gasteiger partial charge < -0.3 is 10.2 Å². The van der Waals surface area contributed by atoms with E-state index in [-0.39, 0.29) is 0 Å². The number of nitrogens with one attached hydrogen (secondary N) is 1. The van der Waals surface area contributed by atoms with Crippen LogP contribution in [0.25, 0.3) is 0 Å². The first-order valence-electron chi connectivity index (χ1n) is 7.34. The molecule has 1 aromatic heterocycles. The van der Waals surface area contributed by atoms with E-state index in [1.54, 1.807) is 11.3 Å². The Hall–Kier alpha value is -1.32. The molecule has 0 bridgehead atoms. The van der Waals surface area contributed by atoms with Crippen LogP contribution in [0.3, 0.4) is 0 Å². The minimum absolute atomic E-state index is 0.406. The Bertz CT molecular complexity index is 486. The average molecular weight is 288 g/mol. The second kappa shape index (κ2) is 7.46. The highest BCUT2D eigenvalue weighted by Crippen LogP contribution is 2.18. The molecular weight excluding hydrogens is 264 g/mol. The third-order valence-electron chi connectivity index (χ3n) is 3.72. The summed E-state index contributed by atoms with van der Waals surface area (Å²) in [5.41, 5.74) is 4.02. The number of anilines is 1. The van der Waals surface area contributed by atoms with Gasteiger partial charge in [-0.3, -0.25) is 0 Å². The zero-order chi connectivity index (χ0) is 14.4. The van der Waals surface area contributed by atoms with Crippen molar-refractivity contribution in [3.63, 3.8) is 0 Å². The number of benzene rings is 1. The maximum absolute atomic E-state index is 3.57. The molecule has 2 aromatic rings. The van der Waals surface area contributed by atoms with Crippen molar-refractivity contribution in [1.29, 1.82) is 0 Å². The summed E-state index contributed by atoms with van der Waals surface area (Å²) in [6.45, 7) is 9.64. The van der Waals surface area contributed by atoms with Gasteiger partial charge in [0.1, 0.15) is 0 Å². The average Bonchev–Trinajstić information content (AvgIpc) is 3.01. The van der Waals surface area contributed by atoms with Gasteiger partial charge in [0.2, 0.25) is 0 Å². The molecule has 0 aliphatic rings. The summed E-state index contributed by atoms with van der Waals surface area (Å²) in [4.78, 5) is 2.37. The second-order valence-corrected chi connectivity index (χ2v) is 5.78. The summed E-state index contributed by atoms with van der Waals surface area (Å²) in [6.07, 6.45) is 0. The van der Waals surface area contributed by atoms with Crippen LogP contribution in [-0.2, 0) is 6.54 Å². The largest absolute Gasteiger partial charge is 0.372 e. The molecule has 2 nitrogen and oxygen atoms in total. The van der Waals surface area contributed by atoms with Crippen molar-refractivity contribution in [2.75, 3.05) is 18.0 Å². The summed E-state index contributed by atoms with van der Waals surface area (Å²) in [5.74, 6) is 0. The molecule has 1 heterocycles. The van der Waals surface area contributed by atoms with Gasteiger partial charge in [0.25, 0.3) is 0 Å². The first-order chi connectivity index (χ1) is 9.74. The Labute approximate surface area is 126 Å². The van der Waals surface area contributed by atoms with Crippen LogP contribution in [0.2, 0.25) is 0 Å². The Morgan fingerprint density at radius 2 is 1.80 bits per heavy atom. The van der Waals surface area contributed by atoms with E-state index in [0.29, 0.717) is 6.04 Å². The molecule has 2 rings (SSSR count). The molecule has 3 heteroatoms. The number of hydrogen-bond acceptors (Lipinski definition) is 3. The molecule has 1 N–H and O–H groups in total. The van der Waals surface area contributed by atoms with Crippen LogP contribution in [0.15, 0.2) is 41.1 Å². The van der Waals surface area contributed by atoms with Gasteiger partial charge in [0.05, 0.1) is 0 Å². The molecule has 1 unspecified atom stereocenters. The van der Waals surface area contributed by atoms with E-state index < -0.39 is 0 Å². The van der Waals surface area contributed by atoms with Gasteiger partial charge in [-0.1, -0.05) is 12.1 Å². The van der Waals surface area contributed by atoms with Gasteiger partial charge in [-0.15, -0.1) is 0 Å². The fourth-order valence-electron chi connectivity index (χ4n) is 2.32. The first-order valence-corrected chi connectivity index (χ1v) is 8.28. The van der Waals surface area contributed by atoms with Crippen molar-refractivity contribution < 1.29 is 0 Å². The van der Waals surface area contributed by atoms with Gasteiger partial charge in [0, 0.05) is 31.4 Å². The molecule has 0 radical (unpaired) electrons. The predicted molar refractivity (Wildman–Crippen MR) is 89.6 cm³/mol. The van der Waals surface area contributed by atoms with Gasteiger partial charge in [-0.05, 0) is 60.9 Å². The lowest BCUT2D eigenvalue weighted by Crippen LogP contribution is -2.22. The molecule has 0 aliphatic heterocycles. The van der Waals surface area contributed by atoms with E-state index >= 15 is 0 Å². The van der Waals surface area contributed by atoms with Crippen molar-refractivity contribution in [2.24, 2.45) is 0 Å². The molecule has 108 valence electrons. The lowest BCUT2D eigenvalue weighted by molar-refractivity contribution is 0.576. The molecule has 0 aliphatic carbocycles. The van der Waals surface area contributed by atoms with Crippen molar-refractivity contribution in [2.45, 2.75) is 33.4 Å². The Morgan fingerprint density at radius 3 is 2.35 bits per heavy atom. The Morgan fingerprint density at radius 1 is 1.10 bits per heavy atom. The fourth-order valence-corrected chi connectivity index (χ4v) is 3.08. The lowest BCUT2D eigenvalue weighted by atomic mass is 10.1. The third-order valence-corrected chi connectivity index (χ3v) is 4.42. The van der Waals surface area contributed by atoms with Crippen molar-refractivity contribution in [3.05, 3.63) is 52.2 Å². The van der Waals surface area contributed by atoms with Crippen LogP contribution >= 0.6 is 11.3 Å². The van der Waals surface area contributed by atoms with E-state index in [0.717, 1.165) is 19.6 Å². The van der Waals surface area contributed by atoms with Gasteiger partial charge in [0.15, 0.2) is 0 Å². The normalized spacial score (nSPS) is 12.3. The molecule has 20 heavy (non-hydrogen) atoms. The van der Waals surface area contributed by atoms with Crippen LogP contribution in [0.4, 0.5) is 5.69 Å². The fraction of sp³-hybridized carbons (Fsp3) is 0.412. The first kappa shape index (κ1) is 15.1. The van der Waals surface area contributed by atoms with E-state index in [2.05, 4.69) is 72.1 Å². The maximum Gasteiger partial charge on any atom is 0.0366 e. The highest BCUT2D eigenvalue weighted by molar-refractivity contribution is 7.07. The van der Waals surface area contributed by atoms with Gasteiger partial charge in [-0.25, -0.2) is 0 Å². The zero-order valence-electron chi connectivity index (χ0n) is 12.6. The minimum Gasteiger partial charge on any atom is -0.372 e.